The van der Waals surface area contributed by atoms with Crippen LogP contribution in [0, 0.1) is 17.5 Å². The maximum atomic E-state index is 13.5. The lowest BCUT2D eigenvalue weighted by Crippen LogP contribution is -2.08. The van der Waals surface area contributed by atoms with Crippen LogP contribution in [0.3, 0.4) is 0 Å². The number of halogens is 3. The Labute approximate surface area is 119 Å². The van der Waals surface area contributed by atoms with Gasteiger partial charge in [-0.1, -0.05) is 6.07 Å². The van der Waals surface area contributed by atoms with E-state index in [4.69, 9.17) is 4.74 Å². The molecule has 0 unspecified atom stereocenters. The van der Waals surface area contributed by atoms with Crippen molar-refractivity contribution in [3.05, 3.63) is 47.4 Å². The quantitative estimate of drug-likeness (QED) is 0.921. The van der Waals surface area contributed by atoms with E-state index in [1.165, 1.54) is 6.07 Å². The lowest BCUT2D eigenvalue weighted by molar-refractivity contribution is 0.279. The van der Waals surface area contributed by atoms with Crippen LogP contribution in [-0.2, 0) is 6.61 Å². The van der Waals surface area contributed by atoms with Gasteiger partial charge in [0.25, 0.3) is 0 Å². The smallest absolute Gasteiger partial charge is 0.318 e. The zero-order chi connectivity index (χ0) is 14.8. The van der Waals surface area contributed by atoms with Gasteiger partial charge in [-0.05, 0) is 30.5 Å². The summed E-state index contributed by atoms with van der Waals surface area (Å²) in [5.74, 6) is -2.34. The van der Waals surface area contributed by atoms with E-state index in [1.807, 2.05) is 0 Å². The van der Waals surface area contributed by atoms with Gasteiger partial charge in [0.15, 0.2) is 23.3 Å². The fourth-order valence-corrected chi connectivity index (χ4v) is 1.72. The van der Waals surface area contributed by atoms with E-state index >= 15 is 0 Å². The van der Waals surface area contributed by atoms with Crippen molar-refractivity contribution in [1.29, 1.82) is 0 Å². The number of anilines is 1. The van der Waals surface area contributed by atoms with Crippen molar-refractivity contribution in [1.82, 2.24) is 9.97 Å². The first-order valence-electron chi connectivity index (χ1n) is 6.47. The van der Waals surface area contributed by atoms with Crippen LogP contribution in [0.15, 0.2) is 24.4 Å². The number of nitrogens with one attached hydrogen (secondary N) is 1. The summed E-state index contributed by atoms with van der Waals surface area (Å²) in [6.45, 7) is -0.0360. The van der Waals surface area contributed by atoms with Crippen molar-refractivity contribution in [2.75, 3.05) is 5.32 Å². The molecule has 0 bridgehead atoms. The van der Waals surface area contributed by atoms with Gasteiger partial charge in [-0.25, -0.2) is 18.2 Å². The van der Waals surface area contributed by atoms with Crippen LogP contribution in [-0.4, -0.2) is 16.0 Å². The lowest BCUT2D eigenvalue weighted by Gasteiger charge is -2.08. The van der Waals surface area contributed by atoms with Crippen LogP contribution in [0.2, 0.25) is 0 Å². The Morgan fingerprint density at radius 1 is 1.14 bits per heavy atom. The second-order valence-corrected chi connectivity index (χ2v) is 4.80. The van der Waals surface area contributed by atoms with Crippen LogP contribution < -0.4 is 10.1 Å². The number of ether oxygens (including phenoxy) is 1. The molecule has 0 spiro atoms. The molecule has 1 aliphatic carbocycles. The Hall–Kier alpha value is -2.31. The standard InChI is InChI=1S/C14H12F3N3O/c15-10-4-1-8(5-11(10)16)7-21-14-18-6-12(17)13(20-14)19-9-2-3-9/h1,4-6,9H,2-3,7H2,(H,18,19,20). The highest BCUT2D eigenvalue weighted by Crippen LogP contribution is 2.25. The minimum atomic E-state index is -0.952. The van der Waals surface area contributed by atoms with E-state index in [2.05, 4.69) is 15.3 Å². The Balaban J connectivity index is 1.67. The molecule has 110 valence electrons. The summed E-state index contributed by atoms with van der Waals surface area (Å²) in [5, 5.41) is 2.92. The van der Waals surface area contributed by atoms with E-state index in [9.17, 15) is 13.2 Å². The maximum Gasteiger partial charge on any atom is 0.318 e. The van der Waals surface area contributed by atoms with Gasteiger partial charge in [0.1, 0.15) is 6.61 Å². The van der Waals surface area contributed by atoms with Crippen molar-refractivity contribution in [2.45, 2.75) is 25.5 Å². The summed E-state index contributed by atoms with van der Waals surface area (Å²) in [6, 6.07) is 3.66. The molecule has 21 heavy (non-hydrogen) atoms. The molecule has 1 N–H and O–H groups in total. The van der Waals surface area contributed by atoms with Crippen LogP contribution in [0.4, 0.5) is 19.0 Å². The largest absolute Gasteiger partial charge is 0.459 e. The van der Waals surface area contributed by atoms with Gasteiger partial charge in [-0.15, -0.1) is 0 Å². The van der Waals surface area contributed by atoms with Gasteiger partial charge in [0.2, 0.25) is 0 Å². The molecular formula is C14H12F3N3O. The Bertz CT molecular complexity index is 662. The van der Waals surface area contributed by atoms with E-state index < -0.39 is 17.5 Å². The van der Waals surface area contributed by atoms with Gasteiger partial charge in [0.05, 0.1) is 6.20 Å². The SMILES string of the molecule is Fc1ccc(COc2ncc(F)c(NC3CC3)n2)cc1F. The zero-order valence-electron chi connectivity index (χ0n) is 10.9. The second kappa shape index (κ2) is 5.59. The van der Waals surface area contributed by atoms with E-state index in [1.54, 1.807) is 0 Å². The predicted molar refractivity (Wildman–Crippen MR) is 69.3 cm³/mol. The van der Waals surface area contributed by atoms with Gasteiger partial charge in [-0.3, -0.25) is 0 Å². The van der Waals surface area contributed by atoms with Crippen molar-refractivity contribution in [2.24, 2.45) is 0 Å². The minimum absolute atomic E-state index is 0.0238. The third-order valence-electron chi connectivity index (χ3n) is 2.99. The van der Waals surface area contributed by atoms with Crippen molar-refractivity contribution in [3.63, 3.8) is 0 Å². The molecule has 0 atom stereocenters. The number of benzene rings is 1. The normalized spacial score (nSPS) is 14.0. The Morgan fingerprint density at radius 2 is 1.95 bits per heavy atom. The molecular weight excluding hydrogens is 283 g/mol. The molecule has 0 saturated heterocycles. The molecule has 0 aliphatic heterocycles. The highest BCUT2D eigenvalue weighted by molar-refractivity contribution is 5.38. The summed E-state index contributed by atoms with van der Waals surface area (Å²) < 4.78 is 44.6. The number of aromatic nitrogens is 2. The zero-order valence-corrected chi connectivity index (χ0v) is 10.9. The number of hydrogen-bond donors (Lipinski definition) is 1. The third-order valence-corrected chi connectivity index (χ3v) is 2.99. The van der Waals surface area contributed by atoms with Crippen molar-refractivity contribution < 1.29 is 17.9 Å². The van der Waals surface area contributed by atoms with Crippen LogP contribution in [0.1, 0.15) is 18.4 Å². The molecule has 1 aliphatic rings. The molecule has 1 heterocycles. The lowest BCUT2D eigenvalue weighted by atomic mass is 10.2. The molecule has 0 amide bonds. The summed E-state index contributed by atoms with van der Waals surface area (Å²) in [7, 11) is 0. The average Bonchev–Trinajstić information content (AvgIpc) is 3.27. The number of rotatable bonds is 5. The van der Waals surface area contributed by atoms with Gasteiger partial charge >= 0.3 is 6.01 Å². The first kappa shape index (κ1) is 13.7. The summed E-state index contributed by atoms with van der Waals surface area (Å²) in [4.78, 5) is 7.63. The molecule has 1 aromatic heterocycles. The molecule has 0 radical (unpaired) electrons. The topological polar surface area (TPSA) is 47.0 Å². The second-order valence-electron chi connectivity index (χ2n) is 4.80. The predicted octanol–water partition coefficient (Wildman–Crippen LogP) is 3.05. The number of nitrogens with zero attached hydrogens (tertiary/aromatic N) is 2. The van der Waals surface area contributed by atoms with E-state index in [0.29, 0.717) is 5.56 Å². The maximum absolute atomic E-state index is 13.5. The average molecular weight is 295 g/mol. The van der Waals surface area contributed by atoms with Gasteiger partial charge in [0, 0.05) is 6.04 Å². The summed E-state index contributed by atoms with van der Waals surface area (Å²) >= 11 is 0. The minimum Gasteiger partial charge on any atom is -0.459 e. The molecule has 1 saturated carbocycles. The van der Waals surface area contributed by atoms with E-state index in [-0.39, 0.29) is 24.5 Å². The highest BCUT2D eigenvalue weighted by Gasteiger charge is 2.23. The summed E-state index contributed by atoms with van der Waals surface area (Å²) in [6.07, 6.45) is 2.97. The van der Waals surface area contributed by atoms with Crippen molar-refractivity contribution >= 4 is 5.82 Å². The Morgan fingerprint density at radius 3 is 2.67 bits per heavy atom. The fraction of sp³-hybridized carbons (Fsp3) is 0.286. The third kappa shape index (κ3) is 3.42. The molecule has 7 heteroatoms. The van der Waals surface area contributed by atoms with E-state index in [0.717, 1.165) is 31.2 Å². The van der Waals surface area contributed by atoms with Crippen LogP contribution in [0.5, 0.6) is 6.01 Å². The molecule has 3 rings (SSSR count). The highest BCUT2D eigenvalue weighted by atomic mass is 19.2. The molecule has 1 fully saturated rings. The van der Waals surface area contributed by atoms with Crippen molar-refractivity contribution in [3.8, 4) is 6.01 Å². The summed E-state index contributed by atoms with van der Waals surface area (Å²) in [5.41, 5.74) is 0.429. The molecule has 4 nitrogen and oxygen atoms in total. The fourth-order valence-electron chi connectivity index (χ4n) is 1.72. The first-order chi connectivity index (χ1) is 10.1. The number of hydrogen-bond acceptors (Lipinski definition) is 4. The molecule has 1 aromatic carbocycles. The van der Waals surface area contributed by atoms with Crippen LogP contribution >= 0.6 is 0 Å². The molecule has 2 aromatic rings. The van der Waals surface area contributed by atoms with Gasteiger partial charge < -0.3 is 10.1 Å². The van der Waals surface area contributed by atoms with Crippen LogP contribution in [0.25, 0.3) is 0 Å². The van der Waals surface area contributed by atoms with Gasteiger partial charge in [-0.2, -0.15) is 4.98 Å². The Kier molecular flexibility index (Phi) is 3.64. The first-order valence-corrected chi connectivity index (χ1v) is 6.47. The monoisotopic (exact) mass is 295 g/mol.